The Balaban J connectivity index is 4.16. The van der Waals surface area contributed by atoms with E-state index in [4.69, 9.17) is 15.1 Å². The van der Waals surface area contributed by atoms with Crippen LogP contribution in [0, 0.1) is 11.3 Å². The van der Waals surface area contributed by atoms with E-state index >= 15 is 0 Å². The average molecular weight is 313 g/mol. The van der Waals surface area contributed by atoms with E-state index in [0.29, 0.717) is 6.42 Å². The summed E-state index contributed by atoms with van der Waals surface area (Å²) in [6.45, 7) is 5.30. The molecule has 0 saturated carbocycles. The molecule has 0 unspecified atom stereocenters. The predicted molar refractivity (Wildman–Crippen MR) is 77.9 cm³/mol. The second-order valence-corrected chi connectivity index (χ2v) is 5.69. The quantitative estimate of drug-likeness (QED) is 0.577. The van der Waals surface area contributed by atoms with E-state index in [1.165, 1.54) is 0 Å². The van der Waals surface area contributed by atoms with Gasteiger partial charge in [0, 0.05) is 13.0 Å². The highest BCUT2D eigenvalue weighted by Crippen LogP contribution is 2.08. The molecule has 0 rings (SSSR count). The number of nitriles is 1. The van der Waals surface area contributed by atoms with Crippen LogP contribution in [-0.2, 0) is 14.3 Å². The minimum atomic E-state index is -1.18. The fourth-order valence-corrected chi connectivity index (χ4v) is 1.52. The second-order valence-electron chi connectivity index (χ2n) is 5.69. The fraction of sp³-hybridized carbons (Fsp3) is 0.714. The number of aliphatic carboxylic acids is 1. The van der Waals surface area contributed by atoms with Crippen molar-refractivity contribution in [3.63, 3.8) is 0 Å². The number of carboxylic acids is 1. The zero-order chi connectivity index (χ0) is 17.2. The largest absolute Gasteiger partial charge is 0.480 e. The van der Waals surface area contributed by atoms with Gasteiger partial charge in [-0.1, -0.05) is 0 Å². The molecule has 0 aliphatic heterocycles. The summed E-state index contributed by atoms with van der Waals surface area (Å²) in [4.78, 5) is 34.0. The molecule has 0 saturated heterocycles. The molecule has 0 aliphatic carbocycles. The molecule has 0 radical (unpaired) electrons. The molecule has 8 heteroatoms. The molecule has 2 amide bonds. The lowest BCUT2D eigenvalue weighted by Gasteiger charge is -2.21. The topological polar surface area (TPSA) is 129 Å². The van der Waals surface area contributed by atoms with Gasteiger partial charge in [-0.05, 0) is 33.6 Å². The number of nitrogens with one attached hydrogen (secondary N) is 2. The zero-order valence-electron chi connectivity index (χ0n) is 13.1. The SMILES string of the molecule is CC(C)(C)OC(=O)N[C@@H](CCCC(=O)NCCC#N)C(=O)O. The standard InChI is InChI=1S/C14H23N3O5/c1-14(2,3)22-13(21)17-10(12(19)20)6-4-7-11(18)16-9-5-8-15/h10H,4-7,9H2,1-3H3,(H,16,18)(H,17,21)(H,19,20)/t10-/m0/s1. The molecule has 8 nitrogen and oxygen atoms in total. The third kappa shape index (κ3) is 10.5. The molecule has 3 N–H and O–H groups in total. The number of carbonyl (C=O) groups is 3. The molecule has 1 atom stereocenters. The van der Waals surface area contributed by atoms with Crippen molar-refractivity contribution in [3.8, 4) is 6.07 Å². The van der Waals surface area contributed by atoms with Crippen molar-refractivity contribution in [2.24, 2.45) is 0 Å². The lowest BCUT2D eigenvalue weighted by Crippen LogP contribution is -2.43. The number of carboxylic acid groups (broad SMARTS) is 1. The molecule has 0 aromatic rings. The molecule has 0 aromatic heterocycles. The fourth-order valence-electron chi connectivity index (χ4n) is 1.52. The van der Waals surface area contributed by atoms with Crippen molar-refractivity contribution in [1.29, 1.82) is 5.26 Å². The maximum absolute atomic E-state index is 11.5. The van der Waals surface area contributed by atoms with E-state index < -0.39 is 23.7 Å². The minimum Gasteiger partial charge on any atom is -0.480 e. The maximum atomic E-state index is 11.5. The zero-order valence-corrected chi connectivity index (χ0v) is 13.1. The van der Waals surface area contributed by atoms with E-state index in [-0.39, 0.29) is 31.7 Å². The van der Waals surface area contributed by atoms with Gasteiger partial charge >= 0.3 is 12.1 Å². The van der Waals surface area contributed by atoms with Gasteiger partial charge in [0.2, 0.25) is 5.91 Å². The molecule has 0 spiro atoms. The summed E-state index contributed by atoms with van der Waals surface area (Å²) in [5.74, 6) is -1.44. The first kappa shape index (κ1) is 19.7. The average Bonchev–Trinajstić information content (AvgIpc) is 2.35. The Morgan fingerprint density at radius 3 is 2.45 bits per heavy atom. The first-order valence-electron chi connectivity index (χ1n) is 7.01. The number of alkyl carbamates (subject to hydrolysis) is 1. The van der Waals surface area contributed by atoms with Crippen molar-refractivity contribution >= 4 is 18.0 Å². The monoisotopic (exact) mass is 313 g/mol. The van der Waals surface area contributed by atoms with E-state index in [1.807, 2.05) is 6.07 Å². The normalized spacial score (nSPS) is 11.9. The number of rotatable bonds is 8. The van der Waals surface area contributed by atoms with Gasteiger partial charge in [-0.15, -0.1) is 0 Å². The van der Waals surface area contributed by atoms with Crippen LogP contribution in [0.5, 0.6) is 0 Å². The van der Waals surface area contributed by atoms with Crippen LogP contribution in [0.2, 0.25) is 0 Å². The maximum Gasteiger partial charge on any atom is 0.408 e. The van der Waals surface area contributed by atoms with Crippen LogP contribution in [0.4, 0.5) is 4.79 Å². The van der Waals surface area contributed by atoms with Crippen LogP contribution in [0.25, 0.3) is 0 Å². The summed E-state index contributed by atoms with van der Waals surface area (Å²) in [5, 5.41) is 22.2. The summed E-state index contributed by atoms with van der Waals surface area (Å²) in [5.41, 5.74) is -0.715. The summed E-state index contributed by atoms with van der Waals surface area (Å²) >= 11 is 0. The summed E-state index contributed by atoms with van der Waals surface area (Å²) < 4.78 is 4.99. The van der Waals surface area contributed by atoms with Gasteiger partial charge in [0.25, 0.3) is 0 Å². The van der Waals surface area contributed by atoms with Gasteiger partial charge in [0.1, 0.15) is 11.6 Å². The van der Waals surface area contributed by atoms with Crippen molar-refractivity contribution in [2.45, 2.75) is 58.1 Å². The summed E-state index contributed by atoms with van der Waals surface area (Å²) in [6.07, 6.45) is -0.0429. The molecular weight excluding hydrogens is 290 g/mol. The van der Waals surface area contributed by atoms with E-state index in [0.717, 1.165) is 0 Å². The Hall–Kier alpha value is -2.30. The number of hydrogen-bond acceptors (Lipinski definition) is 5. The molecular formula is C14H23N3O5. The number of ether oxygens (including phenoxy) is 1. The van der Waals surface area contributed by atoms with Gasteiger partial charge in [-0.25, -0.2) is 9.59 Å². The highest BCUT2D eigenvalue weighted by atomic mass is 16.6. The molecule has 0 aromatic carbocycles. The highest BCUT2D eigenvalue weighted by Gasteiger charge is 2.23. The van der Waals surface area contributed by atoms with Gasteiger partial charge in [0.15, 0.2) is 0 Å². The van der Waals surface area contributed by atoms with Crippen LogP contribution >= 0.6 is 0 Å². The van der Waals surface area contributed by atoms with Gasteiger partial charge < -0.3 is 20.5 Å². The lowest BCUT2D eigenvalue weighted by molar-refractivity contribution is -0.139. The first-order valence-corrected chi connectivity index (χ1v) is 7.01. The van der Waals surface area contributed by atoms with Gasteiger partial charge in [0.05, 0.1) is 12.5 Å². The Morgan fingerprint density at radius 2 is 1.95 bits per heavy atom. The molecule has 124 valence electrons. The van der Waals surface area contributed by atoms with Crippen molar-refractivity contribution < 1.29 is 24.2 Å². The smallest absolute Gasteiger partial charge is 0.408 e. The lowest BCUT2D eigenvalue weighted by atomic mass is 10.1. The third-order valence-electron chi connectivity index (χ3n) is 2.44. The van der Waals surface area contributed by atoms with Crippen LogP contribution in [-0.4, -0.2) is 41.3 Å². The molecule has 0 heterocycles. The number of carbonyl (C=O) groups excluding carboxylic acids is 2. The van der Waals surface area contributed by atoms with Crippen molar-refractivity contribution in [3.05, 3.63) is 0 Å². The van der Waals surface area contributed by atoms with Crippen LogP contribution < -0.4 is 10.6 Å². The number of nitrogens with zero attached hydrogens (tertiary/aromatic N) is 1. The Bertz CT molecular complexity index is 437. The highest BCUT2D eigenvalue weighted by molar-refractivity contribution is 5.80. The number of hydrogen-bond donors (Lipinski definition) is 3. The number of amides is 2. The Labute approximate surface area is 129 Å². The van der Waals surface area contributed by atoms with Crippen LogP contribution in [0.1, 0.15) is 46.5 Å². The Morgan fingerprint density at radius 1 is 1.32 bits per heavy atom. The first-order chi connectivity index (χ1) is 10.2. The van der Waals surface area contributed by atoms with Gasteiger partial charge in [-0.3, -0.25) is 4.79 Å². The van der Waals surface area contributed by atoms with Crippen LogP contribution in [0.3, 0.4) is 0 Å². The molecule has 0 fully saturated rings. The Kier molecular flexibility index (Phi) is 8.60. The van der Waals surface area contributed by atoms with Gasteiger partial charge in [-0.2, -0.15) is 5.26 Å². The van der Waals surface area contributed by atoms with Crippen molar-refractivity contribution in [2.75, 3.05) is 6.54 Å². The van der Waals surface area contributed by atoms with Crippen molar-refractivity contribution in [1.82, 2.24) is 10.6 Å². The van der Waals surface area contributed by atoms with Crippen LogP contribution in [0.15, 0.2) is 0 Å². The van der Waals surface area contributed by atoms with E-state index in [1.54, 1.807) is 20.8 Å². The van der Waals surface area contributed by atoms with E-state index in [2.05, 4.69) is 10.6 Å². The molecule has 0 bridgehead atoms. The predicted octanol–water partition coefficient (Wildman–Crippen LogP) is 1.16. The van der Waals surface area contributed by atoms with E-state index in [9.17, 15) is 14.4 Å². The second kappa shape index (κ2) is 9.60. The summed E-state index contributed by atoms with van der Waals surface area (Å²) in [7, 11) is 0. The molecule has 22 heavy (non-hydrogen) atoms. The third-order valence-corrected chi connectivity index (χ3v) is 2.44. The molecule has 0 aliphatic rings. The minimum absolute atomic E-state index is 0.111. The summed E-state index contributed by atoms with van der Waals surface area (Å²) in [6, 6.07) is 0.789.